The normalized spacial score (nSPS) is 12.9. The van der Waals surface area contributed by atoms with Crippen molar-refractivity contribution in [3.05, 3.63) is 54.0 Å². The standard InChI is InChI=1S/C21H32N4O2/c1-5-25(6-2)20(17-9-7-10-19(15-17)26-4)16-24-21(22-3)23-13-12-18-11-8-14-27-18/h7-11,14-15,20H,5-6,12-13,16H2,1-4H3,(H2,22,23,24). The van der Waals surface area contributed by atoms with E-state index in [0.717, 1.165) is 50.1 Å². The third-order valence-corrected chi connectivity index (χ3v) is 4.66. The van der Waals surface area contributed by atoms with E-state index < -0.39 is 0 Å². The van der Waals surface area contributed by atoms with Gasteiger partial charge >= 0.3 is 0 Å². The lowest BCUT2D eigenvalue weighted by molar-refractivity contribution is 0.218. The molecule has 6 nitrogen and oxygen atoms in total. The Kier molecular flexibility index (Phi) is 8.71. The largest absolute Gasteiger partial charge is 0.497 e. The summed E-state index contributed by atoms with van der Waals surface area (Å²) >= 11 is 0. The molecule has 0 radical (unpaired) electrons. The summed E-state index contributed by atoms with van der Waals surface area (Å²) in [6, 6.07) is 12.4. The number of ether oxygens (including phenoxy) is 1. The molecule has 2 N–H and O–H groups in total. The van der Waals surface area contributed by atoms with Crippen molar-refractivity contribution >= 4 is 5.96 Å². The summed E-state index contributed by atoms with van der Waals surface area (Å²) in [6.45, 7) is 7.85. The molecule has 27 heavy (non-hydrogen) atoms. The quantitative estimate of drug-likeness (QED) is 0.496. The fraction of sp³-hybridized carbons (Fsp3) is 0.476. The number of likely N-dealkylation sites (N-methyl/N-ethyl adjacent to an activating group) is 1. The maximum atomic E-state index is 5.40. The molecule has 0 bridgehead atoms. The van der Waals surface area contributed by atoms with E-state index in [1.54, 1.807) is 20.4 Å². The third-order valence-electron chi connectivity index (χ3n) is 4.66. The van der Waals surface area contributed by atoms with Crippen LogP contribution in [0.25, 0.3) is 0 Å². The van der Waals surface area contributed by atoms with Crippen LogP contribution in [-0.2, 0) is 6.42 Å². The van der Waals surface area contributed by atoms with Crippen LogP contribution in [0.4, 0.5) is 0 Å². The van der Waals surface area contributed by atoms with Crippen LogP contribution in [0.3, 0.4) is 0 Å². The van der Waals surface area contributed by atoms with Crippen molar-refractivity contribution in [2.45, 2.75) is 26.3 Å². The summed E-state index contributed by atoms with van der Waals surface area (Å²) in [4.78, 5) is 6.77. The van der Waals surface area contributed by atoms with Crippen molar-refractivity contribution in [1.29, 1.82) is 0 Å². The average molecular weight is 373 g/mol. The van der Waals surface area contributed by atoms with Gasteiger partial charge in [-0.3, -0.25) is 9.89 Å². The zero-order valence-electron chi connectivity index (χ0n) is 16.9. The summed E-state index contributed by atoms with van der Waals surface area (Å²) in [5.74, 6) is 2.64. The van der Waals surface area contributed by atoms with Gasteiger partial charge in [-0.15, -0.1) is 0 Å². The van der Waals surface area contributed by atoms with E-state index in [2.05, 4.69) is 46.5 Å². The van der Waals surface area contributed by atoms with Gasteiger partial charge in [0.05, 0.1) is 19.4 Å². The molecule has 0 aliphatic heterocycles. The predicted molar refractivity (Wildman–Crippen MR) is 110 cm³/mol. The SMILES string of the molecule is CCN(CC)C(CNC(=NC)NCCc1ccco1)c1cccc(OC)c1. The van der Waals surface area contributed by atoms with Gasteiger partial charge in [0.1, 0.15) is 11.5 Å². The summed E-state index contributed by atoms with van der Waals surface area (Å²) in [5.41, 5.74) is 1.23. The molecule has 0 fully saturated rings. The van der Waals surface area contributed by atoms with Crippen molar-refractivity contribution in [3.8, 4) is 5.75 Å². The van der Waals surface area contributed by atoms with Gasteiger partial charge in [-0.25, -0.2) is 0 Å². The smallest absolute Gasteiger partial charge is 0.191 e. The van der Waals surface area contributed by atoms with Crippen LogP contribution in [0.5, 0.6) is 5.75 Å². The highest BCUT2D eigenvalue weighted by Crippen LogP contribution is 2.23. The molecule has 0 aliphatic rings. The Morgan fingerprint density at radius 3 is 2.63 bits per heavy atom. The van der Waals surface area contributed by atoms with Gasteiger partial charge in [-0.2, -0.15) is 0 Å². The maximum Gasteiger partial charge on any atom is 0.191 e. The lowest BCUT2D eigenvalue weighted by atomic mass is 10.0. The highest BCUT2D eigenvalue weighted by molar-refractivity contribution is 5.79. The van der Waals surface area contributed by atoms with Crippen LogP contribution in [0.15, 0.2) is 52.1 Å². The minimum absolute atomic E-state index is 0.235. The molecule has 2 aromatic rings. The van der Waals surface area contributed by atoms with Crippen molar-refractivity contribution in [2.24, 2.45) is 4.99 Å². The zero-order chi connectivity index (χ0) is 19.5. The molecule has 0 aliphatic carbocycles. The molecule has 0 amide bonds. The van der Waals surface area contributed by atoms with E-state index in [9.17, 15) is 0 Å². The Morgan fingerprint density at radius 1 is 1.19 bits per heavy atom. The first-order valence-corrected chi connectivity index (χ1v) is 9.56. The average Bonchev–Trinajstić information content (AvgIpc) is 3.23. The number of nitrogens with one attached hydrogen (secondary N) is 2. The molecule has 1 atom stereocenters. The highest BCUT2D eigenvalue weighted by Gasteiger charge is 2.19. The maximum absolute atomic E-state index is 5.40. The van der Waals surface area contributed by atoms with Crippen LogP contribution in [0.1, 0.15) is 31.2 Å². The van der Waals surface area contributed by atoms with Gasteiger partial charge in [-0.05, 0) is 42.9 Å². The first-order chi connectivity index (χ1) is 13.2. The van der Waals surface area contributed by atoms with Crippen molar-refractivity contribution < 1.29 is 9.15 Å². The van der Waals surface area contributed by atoms with Crippen LogP contribution in [-0.4, -0.2) is 51.2 Å². The monoisotopic (exact) mass is 372 g/mol. The molecule has 1 aromatic heterocycles. The summed E-state index contributed by atoms with van der Waals surface area (Å²) in [5, 5.41) is 6.81. The number of nitrogens with zero attached hydrogens (tertiary/aromatic N) is 2. The van der Waals surface area contributed by atoms with Gasteiger partial charge in [0.25, 0.3) is 0 Å². The molecular weight excluding hydrogens is 340 g/mol. The number of hydrogen-bond acceptors (Lipinski definition) is 4. The number of rotatable bonds is 10. The molecule has 0 saturated heterocycles. The van der Waals surface area contributed by atoms with Gasteiger partial charge in [0.15, 0.2) is 5.96 Å². The second kappa shape index (κ2) is 11.3. The molecule has 0 saturated carbocycles. The van der Waals surface area contributed by atoms with E-state index >= 15 is 0 Å². The summed E-state index contributed by atoms with van der Waals surface area (Å²) in [7, 11) is 3.49. The van der Waals surface area contributed by atoms with Crippen LogP contribution >= 0.6 is 0 Å². The fourth-order valence-electron chi connectivity index (χ4n) is 3.14. The van der Waals surface area contributed by atoms with Gasteiger partial charge in [0, 0.05) is 26.6 Å². The number of hydrogen-bond donors (Lipinski definition) is 2. The molecule has 2 rings (SSSR count). The summed E-state index contributed by atoms with van der Waals surface area (Å²) in [6.07, 6.45) is 2.52. The Bertz CT molecular complexity index is 681. The second-order valence-corrected chi connectivity index (χ2v) is 6.22. The molecule has 1 aromatic carbocycles. The Morgan fingerprint density at radius 2 is 2.00 bits per heavy atom. The number of guanidine groups is 1. The molecule has 1 unspecified atom stereocenters. The van der Waals surface area contributed by atoms with E-state index in [4.69, 9.17) is 9.15 Å². The molecule has 1 heterocycles. The van der Waals surface area contributed by atoms with E-state index in [1.165, 1.54) is 5.56 Å². The van der Waals surface area contributed by atoms with Crippen LogP contribution in [0, 0.1) is 0 Å². The minimum Gasteiger partial charge on any atom is -0.497 e. The number of aliphatic imine (C=N–C) groups is 1. The topological polar surface area (TPSA) is 62.0 Å². The van der Waals surface area contributed by atoms with Crippen LogP contribution < -0.4 is 15.4 Å². The lowest BCUT2D eigenvalue weighted by Gasteiger charge is -2.31. The minimum atomic E-state index is 0.235. The van der Waals surface area contributed by atoms with Crippen LogP contribution in [0.2, 0.25) is 0 Å². The van der Waals surface area contributed by atoms with E-state index in [-0.39, 0.29) is 6.04 Å². The van der Waals surface area contributed by atoms with E-state index in [1.807, 2.05) is 24.3 Å². The zero-order valence-corrected chi connectivity index (χ0v) is 16.9. The van der Waals surface area contributed by atoms with Gasteiger partial charge in [0.2, 0.25) is 0 Å². The molecule has 6 heteroatoms. The lowest BCUT2D eigenvalue weighted by Crippen LogP contribution is -2.43. The molecular formula is C21H32N4O2. The van der Waals surface area contributed by atoms with Gasteiger partial charge in [-0.1, -0.05) is 26.0 Å². The van der Waals surface area contributed by atoms with Gasteiger partial charge < -0.3 is 19.8 Å². The first kappa shape index (κ1) is 20.8. The Balaban J connectivity index is 1.98. The van der Waals surface area contributed by atoms with E-state index in [0.29, 0.717) is 0 Å². The Labute approximate surface area is 162 Å². The van der Waals surface area contributed by atoms with Crippen molar-refractivity contribution in [2.75, 3.05) is 40.3 Å². The molecule has 0 spiro atoms. The fourth-order valence-corrected chi connectivity index (χ4v) is 3.14. The summed E-state index contributed by atoms with van der Waals surface area (Å²) < 4.78 is 10.8. The van der Waals surface area contributed by atoms with Crippen molar-refractivity contribution in [1.82, 2.24) is 15.5 Å². The number of furan rings is 1. The first-order valence-electron chi connectivity index (χ1n) is 9.56. The second-order valence-electron chi connectivity index (χ2n) is 6.22. The predicted octanol–water partition coefficient (Wildman–Crippen LogP) is 3.08. The number of methoxy groups -OCH3 is 1. The third kappa shape index (κ3) is 6.32. The van der Waals surface area contributed by atoms with Crippen molar-refractivity contribution in [3.63, 3.8) is 0 Å². The molecule has 148 valence electrons. The number of benzene rings is 1. The highest BCUT2D eigenvalue weighted by atomic mass is 16.5. The Hall–Kier alpha value is -2.47.